The molecular weight excluding hydrogens is 232 g/mol. The summed E-state index contributed by atoms with van der Waals surface area (Å²) in [7, 11) is 0. The van der Waals surface area contributed by atoms with E-state index < -0.39 is 0 Å². The average Bonchev–Trinajstić information content (AvgIpc) is 2.75. The molecule has 0 aromatic heterocycles. The summed E-state index contributed by atoms with van der Waals surface area (Å²) >= 11 is 0. The number of rotatable bonds is 7. The first-order valence-corrected chi connectivity index (χ1v) is 6.82. The van der Waals surface area contributed by atoms with Crippen LogP contribution in [0.2, 0.25) is 0 Å². The van der Waals surface area contributed by atoms with E-state index in [1.807, 2.05) is 13.8 Å². The zero-order valence-corrected chi connectivity index (χ0v) is 11.4. The summed E-state index contributed by atoms with van der Waals surface area (Å²) in [5, 5.41) is 9.06. The number of hydrogen-bond acceptors (Lipinski definition) is 3. The zero-order chi connectivity index (χ0) is 13.5. The first-order chi connectivity index (χ1) is 8.63. The number of likely N-dealkylation sites (tertiary alicyclic amines) is 1. The Labute approximate surface area is 109 Å². The highest BCUT2D eigenvalue weighted by atomic mass is 16.3. The van der Waals surface area contributed by atoms with Gasteiger partial charge in [0.2, 0.25) is 11.8 Å². The summed E-state index contributed by atoms with van der Waals surface area (Å²) in [5.74, 6) is 0.0184. The minimum absolute atomic E-state index is 0.0316. The van der Waals surface area contributed by atoms with Crippen molar-refractivity contribution in [2.75, 3.05) is 26.2 Å². The average molecular weight is 256 g/mol. The minimum Gasteiger partial charge on any atom is -0.395 e. The fraction of sp³-hybridized carbons (Fsp3) is 0.846. The van der Waals surface area contributed by atoms with Crippen LogP contribution in [0.25, 0.3) is 0 Å². The van der Waals surface area contributed by atoms with Crippen molar-refractivity contribution in [3.05, 3.63) is 0 Å². The van der Waals surface area contributed by atoms with E-state index >= 15 is 0 Å². The van der Waals surface area contributed by atoms with E-state index in [1.54, 1.807) is 9.80 Å². The number of aliphatic hydroxyl groups excluding tert-OH is 1. The fourth-order valence-electron chi connectivity index (χ4n) is 2.47. The molecule has 0 aromatic rings. The molecule has 1 N–H and O–H groups in total. The molecule has 0 spiro atoms. The van der Waals surface area contributed by atoms with Gasteiger partial charge in [0.1, 0.15) is 0 Å². The molecule has 0 unspecified atom stereocenters. The van der Waals surface area contributed by atoms with E-state index in [0.29, 0.717) is 19.5 Å². The van der Waals surface area contributed by atoms with Crippen molar-refractivity contribution in [1.82, 2.24) is 9.80 Å². The van der Waals surface area contributed by atoms with Crippen LogP contribution in [0.1, 0.15) is 39.5 Å². The number of amides is 2. The second-order valence-electron chi connectivity index (χ2n) is 4.70. The summed E-state index contributed by atoms with van der Waals surface area (Å²) in [5.41, 5.74) is 0. The number of hydrogen-bond donors (Lipinski definition) is 1. The highest BCUT2D eigenvalue weighted by molar-refractivity contribution is 5.86. The van der Waals surface area contributed by atoms with Gasteiger partial charge in [-0.15, -0.1) is 0 Å². The number of carbonyl (C=O) groups excluding carboxylic acids is 2. The van der Waals surface area contributed by atoms with Crippen LogP contribution in [0, 0.1) is 0 Å². The second kappa shape index (κ2) is 7.36. The van der Waals surface area contributed by atoms with Crippen LogP contribution in [0.3, 0.4) is 0 Å². The molecule has 0 aromatic carbocycles. The Balaban J connectivity index is 2.61. The molecule has 0 atom stereocenters. The van der Waals surface area contributed by atoms with Gasteiger partial charge in [-0.2, -0.15) is 0 Å². The maximum atomic E-state index is 12.2. The lowest BCUT2D eigenvalue weighted by atomic mass is 10.1. The molecule has 1 saturated heterocycles. The van der Waals surface area contributed by atoms with Gasteiger partial charge in [0, 0.05) is 25.6 Å². The zero-order valence-electron chi connectivity index (χ0n) is 11.4. The maximum Gasteiger partial charge on any atom is 0.242 e. The van der Waals surface area contributed by atoms with Crippen molar-refractivity contribution in [2.24, 2.45) is 0 Å². The summed E-state index contributed by atoms with van der Waals surface area (Å²) in [6.07, 6.45) is 3.14. The lowest BCUT2D eigenvalue weighted by Gasteiger charge is -2.31. The van der Waals surface area contributed by atoms with Gasteiger partial charge in [0.15, 0.2) is 0 Å². The van der Waals surface area contributed by atoms with Crippen molar-refractivity contribution < 1.29 is 14.7 Å². The van der Waals surface area contributed by atoms with Crippen LogP contribution in [0.15, 0.2) is 0 Å². The molecule has 0 aliphatic carbocycles. The van der Waals surface area contributed by atoms with Crippen LogP contribution < -0.4 is 0 Å². The van der Waals surface area contributed by atoms with Crippen LogP contribution in [0.4, 0.5) is 0 Å². The number of carbonyl (C=O) groups is 2. The molecule has 1 heterocycles. The first kappa shape index (κ1) is 15.0. The van der Waals surface area contributed by atoms with Crippen LogP contribution >= 0.6 is 0 Å². The molecule has 1 aliphatic heterocycles. The van der Waals surface area contributed by atoms with Gasteiger partial charge in [-0.3, -0.25) is 9.59 Å². The highest BCUT2D eigenvalue weighted by Gasteiger charge is 2.27. The smallest absolute Gasteiger partial charge is 0.242 e. The van der Waals surface area contributed by atoms with Gasteiger partial charge >= 0.3 is 0 Å². The summed E-state index contributed by atoms with van der Waals surface area (Å²) < 4.78 is 0. The van der Waals surface area contributed by atoms with E-state index in [1.165, 1.54) is 0 Å². The first-order valence-electron chi connectivity index (χ1n) is 6.82. The molecule has 5 heteroatoms. The fourth-order valence-corrected chi connectivity index (χ4v) is 2.47. The topological polar surface area (TPSA) is 60.9 Å². The van der Waals surface area contributed by atoms with Gasteiger partial charge in [-0.05, 0) is 19.3 Å². The van der Waals surface area contributed by atoms with Crippen molar-refractivity contribution in [3.63, 3.8) is 0 Å². The van der Waals surface area contributed by atoms with Gasteiger partial charge in [-0.25, -0.2) is 0 Å². The van der Waals surface area contributed by atoms with Crippen molar-refractivity contribution in [2.45, 2.75) is 45.6 Å². The Kier molecular flexibility index (Phi) is 6.12. The Morgan fingerprint density at radius 2 is 2.11 bits per heavy atom. The van der Waals surface area contributed by atoms with Crippen LogP contribution in [-0.4, -0.2) is 59.0 Å². The van der Waals surface area contributed by atoms with E-state index in [2.05, 4.69) is 0 Å². The lowest BCUT2D eigenvalue weighted by molar-refractivity contribution is -0.140. The summed E-state index contributed by atoms with van der Waals surface area (Å²) in [6, 6.07) is 0.155. The lowest BCUT2D eigenvalue weighted by Crippen LogP contribution is -2.46. The molecule has 1 rings (SSSR count). The number of aliphatic hydroxyl groups is 1. The minimum atomic E-state index is -0.0481. The Morgan fingerprint density at radius 3 is 2.56 bits per heavy atom. The normalized spacial score (nSPS) is 15.6. The van der Waals surface area contributed by atoms with Crippen LogP contribution in [-0.2, 0) is 9.59 Å². The molecule has 18 heavy (non-hydrogen) atoms. The Morgan fingerprint density at radius 1 is 1.44 bits per heavy atom. The molecule has 1 aliphatic rings. The standard InChI is InChI=1S/C13H24N2O3/c1-3-11(4-2)15(8-9-16)13(18)10-14-7-5-6-12(14)17/h11,16H,3-10H2,1-2H3. The molecule has 5 nitrogen and oxygen atoms in total. The van der Waals surface area contributed by atoms with Gasteiger partial charge in [-0.1, -0.05) is 13.8 Å². The molecule has 104 valence electrons. The third-order valence-corrected chi connectivity index (χ3v) is 3.54. The van der Waals surface area contributed by atoms with Gasteiger partial charge < -0.3 is 14.9 Å². The second-order valence-corrected chi connectivity index (χ2v) is 4.70. The predicted octanol–water partition coefficient (Wildman–Crippen LogP) is 0.618. The Bertz CT molecular complexity index is 290. The molecule has 0 bridgehead atoms. The molecule has 0 saturated carbocycles. The largest absolute Gasteiger partial charge is 0.395 e. The van der Waals surface area contributed by atoms with Crippen molar-refractivity contribution >= 4 is 11.8 Å². The predicted molar refractivity (Wildman–Crippen MR) is 69.0 cm³/mol. The monoisotopic (exact) mass is 256 g/mol. The molecular formula is C13H24N2O3. The molecule has 0 radical (unpaired) electrons. The van der Waals surface area contributed by atoms with E-state index in [4.69, 9.17) is 5.11 Å². The quantitative estimate of drug-likeness (QED) is 0.726. The maximum absolute atomic E-state index is 12.2. The van der Waals surface area contributed by atoms with Gasteiger partial charge in [0.05, 0.1) is 13.2 Å². The van der Waals surface area contributed by atoms with Crippen LogP contribution in [0.5, 0.6) is 0 Å². The van der Waals surface area contributed by atoms with E-state index in [0.717, 1.165) is 19.3 Å². The van der Waals surface area contributed by atoms with Gasteiger partial charge in [0.25, 0.3) is 0 Å². The van der Waals surface area contributed by atoms with Crippen molar-refractivity contribution in [3.8, 4) is 0 Å². The molecule has 1 fully saturated rings. The molecule has 2 amide bonds. The third-order valence-electron chi connectivity index (χ3n) is 3.54. The van der Waals surface area contributed by atoms with Crippen molar-refractivity contribution in [1.29, 1.82) is 0 Å². The van der Waals surface area contributed by atoms with E-state index in [-0.39, 0.29) is 31.0 Å². The Hall–Kier alpha value is -1.10. The summed E-state index contributed by atoms with van der Waals surface area (Å²) in [6.45, 7) is 5.23. The summed E-state index contributed by atoms with van der Waals surface area (Å²) in [4.78, 5) is 27.1. The third kappa shape index (κ3) is 3.70. The number of nitrogens with zero attached hydrogens (tertiary/aromatic N) is 2. The van der Waals surface area contributed by atoms with E-state index in [9.17, 15) is 9.59 Å². The SMILES string of the molecule is CCC(CC)N(CCO)C(=O)CN1CCCC1=O. The highest BCUT2D eigenvalue weighted by Crippen LogP contribution is 2.13.